The summed E-state index contributed by atoms with van der Waals surface area (Å²) in [7, 11) is 0. The molecule has 1 aromatic rings. The zero-order chi connectivity index (χ0) is 9.68. The molecule has 0 saturated carbocycles. The first kappa shape index (κ1) is 10.1. The minimum atomic E-state index is 0.495. The molecule has 1 unspecified atom stereocenters. The van der Waals surface area contributed by atoms with Gasteiger partial charge in [0.05, 0.1) is 0 Å². The van der Waals surface area contributed by atoms with E-state index in [2.05, 4.69) is 28.5 Å². The molecule has 0 aliphatic heterocycles. The van der Waals surface area contributed by atoms with Gasteiger partial charge in [-0.05, 0) is 6.26 Å². The number of nitrogen functional groups attached to an aromatic ring is 1. The Morgan fingerprint density at radius 2 is 2.38 bits per heavy atom. The average Bonchev–Trinajstić information content (AvgIpc) is 2.14. The maximum absolute atomic E-state index is 5.50. The predicted octanol–water partition coefficient (Wildman–Crippen LogP) is 1.22. The van der Waals surface area contributed by atoms with Gasteiger partial charge in [-0.2, -0.15) is 11.8 Å². The van der Waals surface area contributed by atoms with Crippen molar-refractivity contribution in [3.8, 4) is 0 Å². The summed E-state index contributed by atoms with van der Waals surface area (Å²) >= 11 is 1.81. The van der Waals surface area contributed by atoms with Crippen LogP contribution in [-0.4, -0.2) is 28.0 Å². The van der Waals surface area contributed by atoms with Crippen LogP contribution in [0.25, 0.3) is 0 Å². The van der Waals surface area contributed by atoms with Gasteiger partial charge in [-0.15, -0.1) is 0 Å². The van der Waals surface area contributed by atoms with Crippen LogP contribution in [0.15, 0.2) is 12.4 Å². The van der Waals surface area contributed by atoms with Gasteiger partial charge in [0.2, 0.25) is 0 Å². The van der Waals surface area contributed by atoms with Gasteiger partial charge in [0.25, 0.3) is 0 Å². The number of rotatable bonds is 4. The molecular formula is C8H14N4S. The van der Waals surface area contributed by atoms with Crippen molar-refractivity contribution >= 4 is 23.4 Å². The Bertz CT molecular complexity index is 266. The number of hydrogen-bond acceptors (Lipinski definition) is 5. The van der Waals surface area contributed by atoms with Crippen LogP contribution in [0.2, 0.25) is 0 Å². The zero-order valence-corrected chi connectivity index (χ0v) is 8.64. The van der Waals surface area contributed by atoms with Crippen LogP contribution in [0.3, 0.4) is 0 Å². The van der Waals surface area contributed by atoms with Gasteiger partial charge in [-0.1, -0.05) is 6.92 Å². The molecule has 0 aliphatic rings. The molecule has 0 spiro atoms. The first-order chi connectivity index (χ1) is 6.22. The Morgan fingerprint density at radius 1 is 1.62 bits per heavy atom. The molecule has 0 amide bonds. The number of hydrogen-bond donors (Lipinski definition) is 2. The number of aromatic nitrogens is 2. The molecule has 0 fully saturated rings. The maximum atomic E-state index is 5.50. The molecule has 1 heterocycles. The third-order valence-corrected chi connectivity index (χ3v) is 2.63. The molecule has 1 atom stereocenters. The highest BCUT2D eigenvalue weighted by atomic mass is 32.2. The summed E-state index contributed by atoms with van der Waals surface area (Å²) < 4.78 is 0. The first-order valence-electron chi connectivity index (χ1n) is 4.06. The van der Waals surface area contributed by atoms with Crippen LogP contribution in [0.1, 0.15) is 6.92 Å². The molecular weight excluding hydrogens is 184 g/mol. The van der Waals surface area contributed by atoms with Gasteiger partial charge < -0.3 is 11.1 Å². The lowest BCUT2D eigenvalue weighted by Crippen LogP contribution is -2.13. The van der Waals surface area contributed by atoms with Crippen LogP contribution < -0.4 is 11.1 Å². The van der Waals surface area contributed by atoms with E-state index < -0.39 is 0 Å². The Hall–Kier alpha value is -0.970. The second-order valence-electron chi connectivity index (χ2n) is 2.76. The van der Waals surface area contributed by atoms with Gasteiger partial charge >= 0.3 is 0 Å². The molecule has 0 aromatic carbocycles. The minimum Gasteiger partial charge on any atom is -0.384 e. The molecule has 4 nitrogen and oxygen atoms in total. The van der Waals surface area contributed by atoms with E-state index in [-0.39, 0.29) is 0 Å². The fraction of sp³-hybridized carbons (Fsp3) is 0.500. The van der Waals surface area contributed by atoms with Gasteiger partial charge in [0.15, 0.2) is 0 Å². The second kappa shape index (κ2) is 4.91. The highest BCUT2D eigenvalue weighted by molar-refractivity contribution is 7.99. The number of nitrogens with two attached hydrogens (primary N) is 1. The number of nitrogens with one attached hydrogen (secondary N) is 1. The molecule has 0 bridgehead atoms. The summed E-state index contributed by atoms with van der Waals surface area (Å²) in [6.45, 7) is 3.04. The largest absolute Gasteiger partial charge is 0.384 e. The van der Waals surface area contributed by atoms with Gasteiger partial charge in [0.1, 0.15) is 18.0 Å². The second-order valence-corrected chi connectivity index (χ2v) is 4.03. The lowest BCUT2D eigenvalue weighted by Gasteiger charge is -2.09. The van der Waals surface area contributed by atoms with Gasteiger partial charge in [-0.25, -0.2) is 9.97 Å². The lowest BCUT2D eigenvalue weighted by atomic mass is 10.4. The van der Waals surface area contributed by atoms with Crippen molar-refractivity contribution in [3.05, 3.63) is 12.4 Å². The lowest BCUT2D eigenvalue weighted by molar-refractivity contribution is 0.987. The Balaban J connectivity index is 2.45. The van der Waals surface area contributed by atoms with E-state index in [0.717, 1.165) is 12.4 Å². The minimum absolute atomic E-state index is 0.495. The first-order valence-corrected chi connectivity index (χ1v) is 5.35. The van der Waals surface area contributed by atoms with E-state index >= 15 is 0 Å². The molecule has 1 rings (SSSR count). The molecule has 3 N–H and O–H groups in total. The van der Waals surface area contributed by atoms with Crippen molar-refractivity contribution < 1.29 is 0 Å². The van der Waals surface area contributed by atoms with E-state index in [4.69, 9.17) is 5.73 Å². The van der Waals surface area contributed by atoms with Crippen LogP contribution >= 0.6 is 11.8 Å². The predicted molar refractivity (Wildman–Crippen MR) is 57.9 cm³/mol. The number of anilines is 2. The molecule has 72 valence electrons. The van der Waals surface area contributed by atoms with Crippen LogP contribution in [-0.2, 0) is 0 Å². The maximum Gasteiger partial charge on any atom is 0.131 e. The van der Waals surface area contributed by atoms with Crippen molar-refractivity contribution in [3.63, 3.8) is 0 Å². The molecule has 5 heteroatoms. The SMILES string of the molecule is CSC(C)CNc1cc(N)ncn1. The van der Waals surface area contributed by atoms with Crippen LogP contribution in [0.5, 0.6) is 0 Å². The summed E-state index contributed by atoms with van der Waals surface area (Å²) in [5, 5.41) is 3.75. The zero-order valence-electron chi connectivity index (χ0n) is 7.82. The summed E-state index contributed by atoms with van der Waals surface area (Å²) in [5.74, 6) is 1.28. The van der Waals surface area contributed by atoms with Crippen molar-refractivity contribution in [2.24, 2.45) is 0 Å². The smallest absolute Gasteiger partial charge is 0.131 e. The van der Waals surface area contributed by atoms with Crippen molar-refractivity contribution in [2.45, 2.75) is 12.2 Å². The average molecular weight is 198 g/mol. The fourth-order valence-electron chi connectivity index (χ4n) is 0.801. The van der Waals surface area contributed by atoms with E-state index in [1.807, 2.05) is 11.8 Å². The Labute approximate surface area is 82.3 Å². The Kier molecular flexibility index (Phi) is 3.82. The molecule has 0 radical (unpaired) electrons. The van der Waals surface area contributed by atoms with Crippen molar-refractivity contribution in [1.82, 2.24) is 9.97 Å². The third-order valence-electron chi connectivity index (χ3n) is 1.66. The molecule has 13 heavy (non-hydrogen) atoms. The topological polar surface area (TPSA) is 63.8 Å². The normalized spacial score (nSPS) is 12.5. The van der Waals surface area contributed by atoms with Crippen LogP contribution in [0, 0.1) is 0 Å². The summed E-state index contributed by atoms with van der Waals surface area (Å²) in [6, 6.07) is 1.73. The van der Waals surface area contributed by atoms with Gasteiger partial charge in [0, 0.05) is 17.9 Å². The third kappa shape index (κ3) is 3.50. The number of thioether (sulfide) groups is 1. The highest BCUT2D eigenvalue weighted by Gasteiger charge is 1.99. The molecule has 0 saturated heterocycles. The van der Waals surface area contributed by atoms with E-state index in [1.54, 1.807) is 6.07 Å². The summed E-state index contributed by atoms with van der Waals surface area (Å²) in [6.07, 6.45) is 3.54. The quantitative estimate of drug-likeness (QED) is 0.761. The molecule has 1 aromatic heterocycles. The van der Waals surface area contributed by atoms with Crippen molar-refractivity contribution in [1.29, 1.82) is 0 Å². The summed E-state index contributed by atoms with van der Waals surface area (Å²) in [5.41, 5.74) is 5.50. The van der Waals surface area contributed by atoms with E-state index in [9.17, 15) is 0 Å². The van der Waals surface area contributed by atoms with Gasteiger partial charge in [-0.3, -0.25) is 0 Å². The summed E-state index contributed by atoms with van der Waals surface area (Å²) in [4.78, 5) is 7.84. The van der Waals surface area contributed by atoms with E-state index in [1.165, 1.54) is 6.33 Å². The van der Waals surface area contributed by atoms with Crippen molar-refractivity contribution in [2.75, 3.05) is 23.9 Å². The fourth-order valence-corrected chi connectivity index (χ4v) is 1.05. The highest BCUT2D eigenvalue weighted by Crippen LogP contribution is 2.08. The van der Waals surface area contributed by atoms with Crippen LogP contribution in [0.4, 0.5) is 11.6 Å². The van der Waals surface area contributed by atoms with E-state index in [0.29, 0.717) is 11.1 Å². The Morgan fingerprint density at radius 3 is 3.00 bits per heavy atom. The standard InChI is InChI=1S/C8H14N4S/c1-6(13-2)4-10-8-3-7(9)11-5-12-8/h3,5-6H,4H2,1-2H3,(H3,9,10,11,12). The monoisotopic (exact) mass is 198 g/mol. The molecule has 0 aliphatic carbocycles. The number of nitrogens with zero attached hydrogens (tertiary/aromatic N) is 2.